The molecule has 39 heavy (non-hydrogen) atoms. The summed E-state index contributed by atoms with van der Waals surface area (Å²) in [6, 6.07) is 5.85. The molecule has 2 aromatic rings. The Morgan fingerprint density at radius 1 is 1.08 bits per heavy atom. The van der Waals surface area contributed by atoms with E-state index in [-0.39, 0.29) is 16.3 Å². The van der Waals surface area contributed by atoms with Crippen molar-refractivity contribution < 1.29 is 9.66 Å². The lowest BCUT2D eigenvalue weighted by Crippen LogP contribution is -2.60. The molecule has 1 heterocycles. The molecule has 9 atom stereocenters. The van der Waals surface area contributed by atoms with Gasteiger partial charge in [0.05, 0.1) is 7.11 Å². The molecule has 0 spiro atoms. The second-order valence-electron chi connectivity index (χ2n) is 15.0. The number of hydrogen-bond donors (Lipinski definition) is 1. The predicted octanol–water partition coefficient (Wildman–Crippen LogP) is 8.47. The molecule has 1 N–H and O–H groups in total. The minimum absolute atomic E-state index is 0.0336. The summed E-state index contributed by atoms with van der Waals surface area (Å²) in [6.45, 7) is 12.2. The standard InChI is InChI=1S/C34H50N2O3/c1-20(2)8-7-9-21(3)26-11-12-27-24-17-32(36(37)38)29-18-31-25(23-16-22(39-6)10-13-30(23)35-31)19-34(29,5)28(24)14-15-33(26,27)4/h10,13,16,20-21,24,26-29,32,35H,7-9,11-12,14-15,17-19H2,1-6H3/t21-,24+,26-,27+,28+,29-,32+,33-,34-/m1/s1. The average molecular weight is 535 g/mol. The topological polar surface area (TPSA) is 68.2 Å². The maximum absolute atomic E-state index is 12.7. The minimum Gasteiger partial charge on any atom is -0.497 e. The van der Waals surface area contributed by atoms with Crippen molar-refractivity contribution >= 4 is 10.9 Å². The number of benzene rings is 1. The summed E-state index contributed by atoms with van der Waals surface area (Å²) in [5.74, 6) is 5.00. The summed E-state index contributed by atoms with van der Waals surface area (Å²) < 4.78 is 5.57. The number of ether oxygens (including phenoxy) is 1. The van der Waals surface area contributed by atoms with E-state index >= 15 is 0 Å². The van der Waals surface area contributed by atoms with Crippen LogP contribution in [0.5, 0.6) is 5.75 Å². The molecule has 3 saturated carbocycles. The van der Waals surface area contributed by atoms with Gasteiger partial charge in [0.15, 0.2) is 0 Å². The first-order valence-electron chi connectivity index (χ1n) is 15.9. The van der Waals surface area contributed by atoms with E-state index in [1.165, 1.54) is 61.6 Å². The zero-order chi connectivity index (χ0) is 27.7. The summed E-state index contributed by atoms with van der Waals surface area (Å²) >= 11 is 0. The number of nitrogens with zero attached hydrogens (tertiary/aromatic N) is 1. The number of nitrogens with one attached hydrogen (secondary N) is 1. The van der Waals surface area contributed by atoms with Crippen molar-refractivity contribution in [1.29, 1.82) is 0 Å². The molecule has 1 aromatic heterocycles. The van der Waals surface area contributed by atoms with E-state index in [9.17, 15) is 10.1 Å². The maximum Gasteiger partial charge on any atom is 0.217 e. The third-order valence-corrected chi connectivity index (χ3v) is 12.8. The molecule has 0 unspecified atom stereocenters. The van der Waals surface area contributed by atoms with Gasteiger partial charge in [0, 0.05) is 33.9 Å². The van der Waals surface area contributed by atoms with E-state index < -0.39 is 6.04 Å². The molecule has 0 bridgehead atoms. The fraction of sp³-hybridized carbons (Fsp3) is 0.765. The van der Waals surface area contributed by atoms with Crippen LogP contribution >= 0.6 is 0 Å². The Labute approximate surface area is 235 Å². The van der Waals surface area contributed by atoms with Gasteiger partial charge in [-0.25, -0.2) is 0 Å². The Morgan fingerprint density at radius 2 is 1.85 bits per heavy atom. The fourth-order valence-corrected chi connectivity index (χ4v) is 10.9. The van der Waals surface area contributed by atoms with Gasteiger partial charge in [-0.15, -0.1) is 0 Å². The molecule has 6 rings (SSSR count). The van der Waals surface area contributed by atoms with Crippen LogP contribution in [0.4, 0.5) is 0 Å². The van der Waals surface area contributed by atoms with E-state index in [2.05, 4.69) is 51.7 Å². The van der Waals surface area contributed by atoms with Crippen LogP contribution < -0.4 is 4.74 Å². The van der Waals surface area contributed by atoms with Crippen LogP contribution in [0.1, 0.15) is 97.2 Å². The Bertz CT molecular complexity index is 1230. The molecular weight excluding hydrogens is 484 g/mol. The number of fused-ring (bicyclic) bond motifs is 8. The lowest BCUT2D eigenvalue weighted by atomic mass is 9.43. The van der Waals surface area contributed by atoms with Crippen molar-refractivity contribution in [3.8, 4) is 5.75 Å². The Kier molecular flexibility index (Phi) is 6.82. The fourth-order valence-electron chi connectivity index (χ4n) is 10.9. The predicted molar refractivity (Wildman–Crippen MR) is 158 cm³/mol. The normalized spacial score (nSPS) is 38.1. The lowest BCUT2D eigenvalue weighted by molar-refractivity contribution is -0.546. The highest BCUT2D eigenvalue weighted by atomic mass is 16.6. The van der Waals surface area contributed by atoms with Crippen LogP contribution in [0.25, 0.3) is 10.9 Å². The first-order valence-corrected chi connectivity index (χ1v) is 15.9. The Balaban J connectivity index is 1.32. The number of aromatic nitrogens is 1. The number of hydrogen-bond acceptors (Lipinski definition) is 3. The zero-order valence-corrected chi connectivity index (χ0v) is 25.1. The largest absolute Gasteiger partial charge is 0.497 e. The van der Waals surface area contributed by atoms with Gasteiger partial charge < -0.3 is 9.72 Å². The smallest absolute Gasteiger partial charge is 0.217 e. The van der Waals surface area contributed by atoms with Crippen molar-refractivity contribution in [2.75, 3.05) is 7.11 Å². The molecule has 1 aromatic carbocycles. The van der Waals surface area contributed by atoms with Crippen molar-refractivity contribution in [3.05, 3.63) is 39.6 Å². The highest BCUT2D eigenvalue weighted by Crippen LogP contribution is 2.68. The zero-order valence-electron chi connectivity index (χ0n) is 25.1. The average Bonchev–Trinajstić information content (AvgIpc) is 3.42. The first-order chi connectivity index (χ1) is 18.6. The number of methoxy groups -OCH3 is 1. The van der Waals surface area contributed by atoms with Gasteiger partial charge in [-0.2, -0.15) is 0 Å². The van der Waals surface area contributed by atoms with E-state index in [1.54, 1.807) is 7.11 Å². The van der Waals surface area contributed by atoms with Crippen molar-refractivity contribution in [3.63, 3.8) is 0 Å². The molecule has 5 nitrogen and oxygen atoms in total. The second-order valence-corrected chi connectivity index (χ2v) is 15.0. The van der Waals surface area contributed by atoms with E-state index in [4.69, 9.17) is 4.74 Å². The third-order valence-electron chi connectivity index (χ3n) is 12.8. The molecule has 0 saturated heterocycles. The number of aromatic amines is 1. The van der Waals surface area contributed by atoms with Gasteiger partial charge in [0.25, 0.3) is 0 Å². The molecule has 0 amide bonds. The highest BCUT2D eigenvalue weighted by Gasteiger charge is 2.65. The van der Waals surface area contributed by atoms with Gasteiger partial charge >= 0.3 is 0 Å². The molecule has 4 aliphatic rings. The van der Waals surface area contributed by atoms with Crippen LogP contribution in [-0.4, -0.2) is 23.1 Å². The number of nitro groups is 1. The van der Waals surface area contributed by atoms with Crippen molar-refractivity contribution in [1.82, 2.24) is 4.98 Å². The summed E-state index contributed by atoms with van der Waals surface area (Å²) in [5.41, 5.74) is 4.06. The summed E-state index contributed by atoms with van der Waals surface area (Å²) in [6.07, 6.45) is 11.7. The van der Waals surface area contributed by atoms with Crippen LogP contribution in [0.15, 0.2) is 18.2 Å². The van der Waals surface area contributed by atoms with Crippen LogP contribution in [0.2, 0.25) is 0 Å². The molecule has 4 aliphatic carbocycles. The third kappa shape index (κ3) is 4.23. The summed E-state index contributed by atoms with van der Waals surface area (Å²) in [5, 5.41) is 13.9. The second kappa shape index (κ2) is 9.80. The van der Waals surface area contributed by atoms with Crippen molar-refractivity contribution in [2.45, 2.75) is 105 Å². The van der Waals surface area contributed by atoms with Gasteiger partial charge in [0.1, 0.15) is 5.75 Å². The van der Waals surface area contributed by atoms with Gasteiger partial charge in [-0.3, -0.25) is 10.1 Å². The first kappa shape index (κ1) is 27.1. The molecule has 5 heteroatoms. The van der Waals surface area contributed by atoms with Gasteiger partial charge in [0.2, 0.25) is 6.04 Å². The van der Waals surface area contributed by atoms with Gasteiger partial charge in [-0.1, -0.05) is 53.9 Å². The van der Waals surface area contributed by atoms with E-state index in [1.807, 2.05) is 6.07 Å². The van der Waals surface area contributed by atoms with Crippen molar-refractivity contribution in [2.24, 2.45) is 52.3 Å². The Hall–Kier alpha value is -2.04. The Morgan fingerprint density at radius 3 is 2.56 bits per heavy atom. The summed E-state index contributed by atoms with van der Waals surface area (Å²) in [7, 11) is 1.73. The molecule has 0 radical (unpaired) electrons. The highest BCUT2D eigenvalue weighted by molar-refractivity contribution is 5.86. The quantitative estimate of drug-likeness (QED) is 0.286. The molecule has 3 fully saturated rings. The monoisotopic (exact) mass is 534 g/mol. The molecule has 0 aliphatic heterocycles. The van der Waals surface area contributed by atoms with E-state index in [0.29, 0.717) is 23.2 Å². The maximum atomic E-state index is 12.7. The lowest BCUT2D eigenvalue weighted by Gasteiger charge is -2.60. The minimum atomic E-state index is -0.435. The molecular formula is C34H50N2O3. The van der Waals surface area contributed by atoms with Crippen LogP contribution in [0.3, 0.4) is 0 Å². The number of rotatable bonds is 7. The van der Waals surface area contributed by atoms with Crippen LogP contribution in [-0.2, 0) is 12.8 Å². The molecule has 214 valence electrons. The van der Waals surface area contributed by atoms with E-state index in [0.717, 1.165) is 48.3 Å². The van der Waals surface area contributed by atoms with Gasteiger partial charge in [-0.05, 0) is 109 Å². The van der Waals surface area contributed by atoms with Crippen LogP contribution in [0, 0.1) is 62.4 Å². The number of H-pyrrole nitrogens is 1. The SMILES string of the molecule is COc1ccc2[nH]c3c(c2c1)C[C@@]1(C)[C@H](C3)[C@@H]([N+](=O)[O-])C[C@@H]2[C@@H]1CC[C@]1(C)[C@@H]([C@H](C)CCCC(C)C)CC[C@@H]21. The summed E-state index contributed by atoms with van der Waals surface area (Å²) in [4.78, 5) is 16.5.